The largest absolute Gasteiger partial charge is 0.356 e. The molecule has 124 valence electrons. The number of rotatable bonds is 5. The maximum Gasteiger partial charge on any atom is 0.226 e. The van der Waals surface area contributed by atoms with Crippen molar-refractivity contribution in [2.24, 2.45) is 4.99 Å². The number of carbonyl (C=O) groups is 1. The number of hydrogen-bond acceptors (Lipinski definition) is 2. The molecule has 0 atom stereocenters. The first-order chi connectivity index (χ1) is 11.1. The Kier molecular flexibility index (Phi) is 6.47. The van der Waals surface area contributed by atoms with Crippen molar-refractivity contribution in [2.45, 2.75) is 32.2 Å². The fourth-order valence-electron chi connectivity index (χ4n) is 2.37. The van der Waals surface area contributed by atoms with Crippen molar-refractivity contribution >= 4 is 29.2 Å². The van der Waals surface area contributed by atoms with Crippen molar-refractivity contribution in [2.75, 3.05) is 18.9 Å². The highest BCUT2D eigenvalue weighted by Crippen LogP contribution is 2.22. The highest BCUT2D eigenvalue weighted by Gasteiger charge is 2.12. The highest BCUT2D eigenvalue weighted by molar-refractivity contribution is 6.31. The predicted molar refractivity (Wildman–Crippen MR) is 96.1 cm³/mol. The lowest BCUT2D eigenvalue weighted by Crippen LogP contribution is -2.43. The van der Waals surface area contributed by atoms with E-state index in [0.29, 0.717) is 24.0 Å². The Morgan fingerprint density at radius 2 is 2.09 bits per heavy atom. The lowest BCUT2D eigenvalue weighted by molar-refractivity contribution is -0.116. The van der Waals surface area contributed by atoms with Crippen LogP contribution in [-0.2, 0) is 4.79 Å². The monoisotopic (exact) mass is 334 g/mol. The normalized spacial score (nSPS) is 14.8. The van der Waals surface area contributed by atoms with Crippen LogP contribution >= 0.6 is 11.6 Å². The van der Waals surface area contributed by atoms with Gasteiger partial charge in [-0.25, -0.2) is 0 Å². The summed E-state index contributed by atoms with van der Waals surface area (Å²) in [6.07, 6.45) is 6.69. The van der Waals surface area contributed by atoms with E-state index in [2.05, 4.69) is 33.1 Å². The summed E-state index contributed by atoms with van der Waals surface area (Å²) in [4.78, 5) is 16.2. The second-order valence-electron chi connectivity index (χ2n) is 5.49. The number of hydrogen-bond donors (Lipinski definition) is 3. The average molecular weight is 335 g/mol. The Balaban J connectivity index is 1.74. The van der Waals surface area contributed by atoms with Gasteiger partial charge in [0.25, 0.3) is 0 Å². The molecule has 3 N–H and O–H groups in total. The molecule has 0 bridgehead atoms. The summed E-state index contributed by atoms with van der Waals surface area (Å²) in [6, 6.07) is 5.87. The number of amides is 1. The van der Waals surface area contributed by atoms with Gasteiger partial charge in [-0.15, -0.1) is 0 Å². The SMILES string of the molecule is CN=C(NCCC(=O)Nc1cccc(Cl)c1C)NC1CC=CC1. The molecule has 0 spiro atoms. The van der Waals surface area contributed by atoms with Gasteiger partial charge >= 0.3 is 0 Å². The minimum absolute atomic E-state index is 0.0548. The maximum atomic E-state index is 12.0. The lowest BCUT2D eigenvalue weighted by atomic mass is 10.2. The first-order valence-electron chi connectivity index (χ1n) is 7.77. The summed E-state index contributed by atoms with van der Waals surface area (Å²) in [6.45, 7) is 2.41. The number of anilines is 1. The van der Waals surface area contributed by atoms with E-state index >= 15 is 0 Å². The van der Waals surface area contributed by atoms with Crippen LogP contribution in [0.25, 0.3) is 0 Å². The Morgan fingerprint density at radius 3 is 2.78 bits per heavy atom. The Labute approximate surface area is 142 Å². The molecule has 1 aliphatic carbocycles. The molecule has 1 aromatic carbocycles. The second-order valence-corrected chi connectivity index (χ2v) is 5.90. The van der Waals surface area contributed by atoms with Crippen LogP contribution in [0, 0.1) is 6.92 Å². The average Bonchev–Trinajstić information content (AvgIpc) is 3.04. The summed E-state index contributed by atoms with van der Waals surface area (Å²) >= 11 is 6.05. The van der Waals surface area contributed by atoms with Crippen LogP contribution in [0.2, 0.25) is 5.02 Å². The van der Waals surface area contributed by atoms with Gasteiger partial charge in [0.15, 0.2) is 5.96 Å². The van der Waals surface area contributed by atoms with E-state index in [1.54, 1.807) is 7.05 Å². The molecule has 0 saturated carbocycles. The fourth-order valence-corrected chi connectivity index (χ4v) is 2.55. The van der Waals surface area contributed by atoms with Gasteiger partial charge in [-0.2, -0.15) is 0 Å². The molecule has 0 fully saturated rings. The Bertz CT molecular complexity index is 605. The van der Waals surface area contributed by atoms with Crippen LogP contribution in [0.5, 0.6) is 0 Å². The van der Waals surface area contributed by atoms with E-state index in [4.69, 9.17) is 11.6 Å². The van der Waals surface area contributed by atoms with Gasteiger partial charge in [0.1, 0.15) is 0 Å². The second kappa shape index (κ2) is 8.58. The molecular weight excluding hydrogens is 312 g/mol. The van der Waals surface area contributed by atoms with Crippen molar-refractivity contribution in [3.8, 4) is 0 Å². The number of nitrogens with zero attached hydrogens (tertiary/aromatic N) is 1. The van der Waals surface area contributed by atoms with E-state index in [1.807, 2.05) is 25.1 Å². The molecule has 1 aliphatic rings. The molecule has 0 heterocycles. The van der Waals surface area contributed by atoms with Gasteiger partial charge < -0.3 is 16.0 Å². The highest BCUT2D eigenvalue weighted by atomic mass is 35.5. The number of nitrogens with one attached hydrogen (secondary N) is 3. The molecular formula is C17H23ClN4O. The molecule has 5 nitrogen and oxygen atoms in total. The zero-order chi connectivity index (χ0) is 16.7. The first-order valence-corrected chi connectivity index (χ1v) is 8.15. The molecule has 6 heteroatoms. The van der Waals surface area contributed by atoms with Crippen LogP contribution in [0.15, 0.2) is 35.3 Å². The smallest absolute Gasteiger partial charge is 0.226 e. The predicted octanol–water partition coefficient (Wildman–Crippen LogP) is 2.86. The van der Waals surface area contributed by atoms with E-state index in [-0.39, 0.29) is 5.91 Å². The summed E-state index contributed by atoms with van der Waals surface area (Å²) < 4.78 is 0. The number of halogens is 1. The van der Waals surface area contributed by atoms with Gasteiger partial charge in [0, 0.05) is 36.8 Å². The molecule has 1 aromatic rings. The molecule has 0 radical (unpaired) electrons. The molecule has 0 unspecified atom stereocenters. The minimum atomic E-state index is -0.0548. The van der Waals surface area contributed by atoms with Crippen molar-refractivity contribution in [3.63, 3.8) is 0 Å². The van der Waals surface area contributed by atoms with Gasteiger partial charge in [-0.3, -0.25) is 9.79 Å². The van der Waals surface area contributed by atoms with E-state index < -0.39 is 0 Å². The van der Waals surface area contributed by atoms with Crippen molar-refractivity contribution in [3.05, 3.63) is 40.9 Å². The summed E-state index contributed by atoms with van der Waals surface area (Å²) in [5.41, 5.74) is 1.63. The summed E-state index contributed by atoms with van der Waals surface area (Å²) in [5.74, 6) is 0.672. The molecule has 1 amide bonds. The van der Waals surface area contributed by atoms with Crippen LogP contribution in [0.1, 0.15) is 24.8 Å². The Morgan fingerprint density at radius 1 is 1.35 bits per heavy atom. The fraction of sp³-hybridized carbons (Fsp3) is 0.412. The van der Waals surface area contributed by atoms with Gasteiger partial charge in [0.05, 0.1) is 0 Å². The number of carbonyl (C=O) groups excluding carboxylic acids is 1. The molecule has 0 aliphatic heterocycles. The third kappa shape index (κ3) is 5.28. The van der Waals surface area contributed by atoms with E-state index in [1.165, 1.54) is 0 Å². The molecule has 2 rings (SSSR count). The topological polar surface area (TPSA) is 65.5 Å². The first kappa shape index (κ1) is 17.3. The quantitative estimate of drug-likeness (QED) is 0.441. The summed E-state index contributed by atoms with van der Waals surface area (Å²) in [5, 5.41) is 10.0. The third-order valence-electron chi connectivity index (χ3n) is 3.76. The molecule has 0 aromatic heterocycles. The van der Waals surface area contributed by atoms with Crippen molar-refractivity contribution in [1.29, 1.82) is 0 Å². The van der Waals surface area contributed by atoms with Crippen LogP contribution in [0.4, 0.5) is 5.69 Å². The number of guanidine groups is 1. The van der Waals surface area contributed by atoms with Gasteiger partial charge in [-0.1, -0.05) is 29.8 Å². The Hall–Kier alpha value is -2.01. The van der Waals surface area contributed by atoms with E-state index in [9.17, 15) is 4.79 Å². The van der Waals surface area contributed by atoms with Crippen LogP contribution in [-0.4, -0.2) is 31.5 Å². The van der Waals surface area contributed by atoms with Crippen LogP contribution in [0.3, 0.4) is 0 Å². The minimum Gasteiger partial charge on any atom is -0.356 e. The van der Waals surface area contributed by atoms with Crippen LogP contribution < -0.4 is 16.0 Å². The lowest BCUT2D eigenvalue weighted by Gasteiger charge is -2.17. The van der Waals surface area contributed by atoms with Gasteiger partial charge in [0.2, 0.25) is 5.91 Å². The third-order valence-corrected chi connectivity index (χ3v) is 4.17. The standard InChI is InChI=1S/C17H23ClN4O/c1-12-14(18)8-5-9-15(12)22-16(23)10-11-20-17(19-2)21-13-6-3-4-7-13/h3-5,8-9,13H,6-7,10-11H2,1-2H3,(H,22,23)(H2,19,20,21). The molecule has 0 saturated heterocycles. The summed E-state index contributed by atoms with van der Waals surface area (Å²) in [7, 11) is 1.73. The maximum absolute atomic E-state index is 12.0. The number of benzene rings is 1. The zero-order valence-corrected chi connectivity index (χ0v) is 14.3. The van der Waals surface area contributed by atoms with Gasteiger partial charge in [-0.05, 0) is 37.5 Å². The van der Waals surface area contributed by atoms with E-state index in [0.717, 1.165) is 30.1 Å². The van der Waals surface area contributed by atoms with Crippen molar-refractivity contribution in [1.82, 2.24) is 10.6 Å². The number of aliphatic imine (C=N–C) groups is 1. The molecule has 23 heavy (non-hydrogen) atoms. The van der Waals surface area contributed by atoms with Crippen molar-refractivity contribution < 1.29 is 4.79 Å². The zero-order valence-electron chi connectivity index (χ0n) is 13.5.